The first-order chi connectivity index (χ1) is 14.1. The lowest BCUT2D eigenvalue weighted by atomic mass is 10.1. The molecule has 7 nitrogen and oxygen atoms in total. The minimum Gasteiger partial charge on any atom is -0.452 e. The average molecular weight is 409 g/mol. The van der Waals surface area contributed by atoms with Crippen molar-refractivity contribution in [2.45, 2.75) is 6.42 Å². The molecule has 0 spiro atoms. The summed E-state index contributed by atoms with van der Waals surface area (Å²) in [5, 5.41) is 16.0. The van der Waals surface area contributed by atoms with Gasteiger partial charge < -0.3 is 9.64 Å². The number of amides is 1. The number of halogens is 1. The maximum Gasteiger partial charge on any atom is 0.342 e. The fourth-order valence-electron chi connectivity index (χ4n) is 2.75. The fourth-order valence-corrected chi connectivity index (χ4v) is 2.94. The molecule has 0 aliphatic rings. The summed E-state index contributed by atoms with van der Waals surface area (Å²) in [7, 11) is 0. The van der Waals surface area contributed by atoms with Gasteiger partial charge in [-0.2, -0.15) is 10.4 Å². The molecule has 3 rings (SSSR count). The number of nitriles is 1. The van der Waals surface area contributed by atoms with Crippen LogP contribution in [0.5, 0.6) is 0 Å². The van der Waals surface area contributed by atoms with E-state index in [0.29, 0.717) is 16.4 Å². The average Bonchev–Trinajstić information content (AvgIpc) is 3.23. The van der Waals surface area contributed by atoms with E-state index in [9.17, 15) is 9.59 Å². The second kappa shape index (κ2) is 9.53. The van der Waals surface area contributed by atoms with E-state index in [1.807, 2.05) is 36.4 Å². The van der Waals surface area contributed by atoms with Crippen molar-refractivity contribution < 1.29 is 14.3 Å². The molecular weight excluding hydrogens is 392 g/mol. The summed E-state index contributed by atoms with van der Waals surface area (Å²) in [6.07, 6.45) is 1.49. The minimum absolute atomic E-state index is 0.131. The molecule has 29 heavy (non-hydrogen) atoms. The van der Waals surface area contributed by atoms with Gasteiger partial charge >= 0.3 is 5.97 Å². The standard InChI is InChI=1S/C21H17ClN4O3/c22-16-8-4-9-17(12-16)26(11-5-10-23)19(27)14-29-21(28)18-13-24-25-20(18)15-6-2-1-3-7-15/h1-4,6-9,12-13H,5,11,14H2,(H,24,25). The van der Waals surface area contributed by atoms with Crippen molar-refractivity contribution >= 4 is 29.2 Å². The second-order valence-corrected chi connectivity index (χ2v) is 6.47. The third-order valence-electron chi connectivity index (χ3n) is 4.12. The van der Waals surface area contributed by atoms with Gasteiger partial charge in [-0.15, -0.1) is 0 Å². The van der Waals surface area contributed by atoms with E-state index in [2.05, 4.69) is 10.2 Å². The zero-order valence-corrected chi connectivity index (χ0v) is 16.1. The van der Waals surface area contributed by atoms with Crippen LogP contribution in [0.15, 0.2) is 60.8 Å². The number of aromatic nitrogens is 2. The van der Waals surface area contributed by atoms with Gasteiger partial charge in [-0.1, -0.05) is 48.0 Å². The molecule has 8 heteroatoms. The number of aromatic amines is 1. The number of hydrogen-bond acceptors (Lipinski definition) is 5. The molecule has 146 valence electrons. The molecule has 2 aromatic carbocycles. The largest absolute Gasteiger partial charge is 0.452 e. The monoisotopic (exact) mass is 408 g/mol. The minimum atomic E-state index is -0.669. The molecular formula is C21H17ClN4O3. The second-order valence-electron chi connectivity index (χ2n) is 6.03. The van der Waals surface area contributed by atoms with Crippen molar-refractivity contribution in [3.8, 4) is 17.3 Å². The van der Waals surface area contributed by atoms with Gasteiger partial charge in [0.2, 0.25) is 0 Å². The molecule has 1 amide bonds. The number of anilines is 1. The lowest BCUT2D eigenvalue weighted by Crippen LogP contribution is -2.35. The van der Waals surface area contributed by atoms with E-state index in [0.717, 1.165) is 5.56 Å². The molecule has 1 N–H and O–H groups in total. The van der Waals surface area contributed by atoms with Gasteiger partial charge in [-0.25, -0.2) is 4.79 Å². The van der Waals surface area contributed by atoms with Crippen LogP contribution >= 0.6 is 11.6 Å². The predicted octanol–water partition coefficient (Wildman–Crippen LogP) is 3.83. The normalized spacial score (nSPS) is 10.2. The van der Waals surface area contributed by atoms with Crippen molar-refractivity contribution in [3.63, 3.8) is 0 Å². The molecule has 0 atom stereocenters. The highest BCUT2D eigenvalue weighted by atomic mass is 35.5. The van der Waals surface area contributed by atoms with Gasteiger partial charge in [-0.3, -0.25) is 9.89 Å². The molecule has 0 aliphatic heterocycles. The summed E-state index contributed by atoms with van der Waals surface area (Å²) in [6.45, 7) is -0.315. The van der Waals surface area contributed by atoms with E-state index in [-0.39, 0.29) is 18.5 Å². The number of carbonyl (C=O) groups excluding carboxylic acids is 2. The van der Waals surface area contributed by atoms with Gasteiger partial charge in [0.05, 0.1) is 24.4 Å². The lowest BCUT2D eigenvalue weighted by Gasteiger charge is -2.21. The van der Waals surface area contributed by atoms with E-state index in [1.165, 1.54) is 11.1 Å². The number of benzene rings is 2. The smallest absolute Gasteiger partial charge is 0.342 e. The van der Waals surface area contributed by atoms with Crippen LogP contribution < -0.4 is 4.90 Å². The number of esters is 1. The first-order valence-electron chi connectivity index (χ1n) is 8.79. The van der Waals surface area contributed by atoms with Gasteiger partial charge in [-0.05, 0) is 18.2 Å². The highest BCUT2D eigenvalue weighted by Gasteiger charge is 2.21. The van der Waals surface area contributed by atoms with Crippen molar-refractivity contribution in [3.05, 3.63) is 71.4 Å². The van der Waals surface area contributed by atoms with Gasteiger partial charge in [0, 0.05) is 22.8 Å². The molecule has 1 heterocycles. The summed E-state index contributed by atoms with van der Waals surface area (Å²) in [5.41, 5.74) is 2.05. The Labute approximate surface area is 172 Å². The highest BCUT2D eigenvalue weighted by Crippen LogP contribution is 2.22. The van der Waals surface area contributed by atoms with Crippen LogP contribution in [0.3, 0.4) is 0 Å². The summed E-state index contributed by atoms with van der Waals surface area (Å²) in [4.78, 5) is 26.5. The van der Waals surface area contributed by atoms with Crippen molar-refractivity contribution in [1.82, 2.24) is 10.2 Å². The zero-order valence-electron chi connectivity index (χ0n) is 15.3. The quantitative estimate of drug-likeness (QED) is 0.599. The molecule has 1 aromatic heterocycles. The molecule has 0 saturated carbocycles. The van der Waals surface area contributed by atoms with Crippen molar-refractivity contribution in [2.75, 3.05) is 18.1 Å². The van der Waals surface area contributed by atoms with Gasteiger partial charge in [0.25, 0.3) is 5.91 Å². The Morgan fingerprint density at radius 2 is 1.97 bits per heavy atom. The summed E-state index contributed by atoms with van der Waals surface area (Å²) >= 11 is 6.00. The number of nitrogens with one attached hydrogen (secondary N) is 1. The van der Waals surface area contributed by atoms with Crippen LogP contribution in [0.25, 0.3) is 11.3 Å². The van der Waals surface area contributed by atoms with E-state index >= 15 is 0 Å². The maximum absolute atomic E-state index is 12.7. The Hall–Kier alpha value is -3.63. The molecule has 0 aliphatic carbocycles. The van der Waals surface area contributed by atoms with Crippen LogP contribution in [0.2, 0.25) is 5.02 Å². The number of nitrogens with zero attached hydrogens (tertiary/aromatic N) is 3. The molecule has 0 saturated heterocycles. The molecule has 0 radical (unpaired) electrons. The van der Waals surface area contributed by atoms with Crippen LogP contribution in [0, 0.1) is 11.3 Å². The summed E-state index contributed by atoms with van der Waals surface area (Å²) in [6, 6.07) is 17.9. The zero-order chi connectivity index (χ0) is 20.6. The van der Waals surface area contributed by atoms with E-state index in [4.69, 9.17) is 21.6 Å². The van der Waals surface area contributed by atoms with Crippen LogP contribution in [0.1, 0.15) is 16.8 Å². The van der Waals surface area contributed by atoms with Crippen LogP contribution in [-0.2, 0) is 9.53 Å². The van der Waals surface area contributed by atoms with Crippen molar-refractivity contribution in [2.24, 2.45) is 0 Å². The Morgan fingerprint density at radius 3 is 2.69 bits per heavy atom. The highest BCUT2D eigenvalue weighted by molar-refractivity contribution is 6.30. The van der Waals surface area contributed by atoms with Crippen molar-refractivity contribution in [1.29, 1.82) is 5.26 Å². The number of rotatable bonds is 7. The first-order valence-corrected chi connectivity index (χ1v) is 9.16. The summed E-state index contributed by atoms with van der Waals surface area (Å²) in [5.74, 6) is -1.13. The third-order valence-corrected chi connectivity index (χ3v) is 4.35. The Morgan fingerprint density at radius 1 is 1.17 bits per heavy atom. The predicted molar refractivity (Wildman–Crippen MR) is 108 cm³/mol. The SMILES string of the molecule is N#CCCN(C(=O)COC(=O)c1cn[nH]c1-c1ccccc1)c1cccc(Cl)c1. The molecule has 0 unspecified atom stereocenters. The number of carbonyl (C=O) groups is 2. The fraction of sp³-hybridized carbons (Fsp3) is 0.143. The maximum atomic E-state index is 12.7. The number of hydrogen-bond donors (Lipinski definition) is 1. The number of ether oxygens (including phenoxy) is 1. The topological polar surface area (TPSA) is 99.1 Å². The van der Waals surface area contributed by atoms with Gasteiger partial charge in [0.15, 0.2) is 6.61 Å². The van der Waals surface area contributed by atoms with Gasteiger partial charge in [0.1, 0.15) is 5.56 Å². The molecule has 0 fully saturated rings. The van der Waals surface area contributed by atoms with Crippen LogP contribution in [0.4, 0.5) is 5.69 Å². The summed E-state index contributed by atoms with van der Waals surface area (Å²) < 4.78 is 5.22. The Balaban J connectivity index is 1.71. The third kappa shape index (κ3) is 5.00. The Kier molecular flexibility index (Phi) is 6.61. The Bertz CT molecular complexity index is 1040. The molecule has 0 bridgehead atoms. The number of H-pyrrole nitrogens is 1. The molecule has 3 aromatic rings. The van der Waals surface area contributed by atoms with Crippen LogP contribution in [-0.4, -0.2) is 35.2 Å². The lowest BCUT2D eigenvalue weighted by molar-refractivity contribution is -0.121. The van der Waals surface area contributed by atoms with E-state index < -0.39 is 18.5 Å². The van der Waals surface area contributed by atoms with E-state index in [1.54, 1.807) is 24.3 Å². The first kappa shape index (κ1) is 20.1.